The number of aromatic nitrogens is 2. The molecule has 9 nitrogen and oxygen atoms in total. The Morgan fingerprint density at radius 2 is 1.84 bits per heavy atom. The van der Waals surface area contributed by atoms with E-state index in [1.807, 2.05) is 0 Å². The van der Waals surface area contributed by atoms with Crippen LogP contribution < -0.4 is 9.80 Å². The second-order valence-electron chi connectivity index (χ2n) is 10.6. The first-order valence-electron chi connectivity index (χ1n) is 12.9. The first kappa shape index (κ1) is 26.5. The maximum atomic E-state index is 13.7. The largest absolute Gasteiger partial charge is 0.418 e. The van der Waals surface area contributed by atoms with Crippen LogP contribution in [0.3, 0.4) is 0 Å². The first-order valence-corrected chi connectivity index (χ1v) is 12.9. The zero-order chi connectivity index (χ0) is 27.1. The predicted molar refractivity (Wildman–Crippen MR) is 135 cm³/mol. The van der Waals surface area contributed by atoms with Gasteiger partial charge in [0.15, 0.2) is 0 Å². The fourth-order valence-corrected chi connectivity index (χ4v) is 5.75. The molecule has 1 unspecified atom stereocenters. The molecule has 0 N–H and O–H groups in total. The van der Waals surface area contributed by atoms with Crippen LogP contribution in [0.2, 0.25) is 0 Å². The Bertz CT molecular complexity index is 1200. The quantitative estimate of drug-likeness (QED) is 0.600. The summed E-state index contributed by atoms with van der Waals surface area (Å²) in [6, 6.07) is 4.23. The third kappa shape index (κ3) is 5.37. The first-order chi connectivity index (χ1) is 18.0. The normalized spacial score (nSPS) is 22.4. The van der Waals surface area contributed by atoms with E-state index in [9.17, 15) is 22.8 Å². The number of hydrogen-bond acceptors (Lipinski definition) is 6. The third-order valence-corrected chi connectivity index (χ3v) is 7.98. The summed E-state index contributed by atoms with van der Waals surface area (Å²) in [5.41, 5.74) is 0.975. The average molecular weight is 535 g/mol. The van der Waals surface area contributed by atoms with Crippen molar-refractivity contribution < 1.29 is 27.5 Å². The number of hydrogen-bond donors (Lipinski definition) is 0. The van der Waals surface area contributed by atoms with Gasteiger partial charge < -0.3 is 19.4 Å². The highest BCUT2D eigenvalue weighted by Gasteiger charge is 2.45. The summed E-state index contributed by atoms with van der Waals surface area (Å²) < 4.78 is 47.8. The number of alkyl halides is 3. The lowest BCUT2D eigenvalue weighted by Crippen LogP contribution is -2.37. The van der Waals surface area contributed by atoms with Crippen LogP contribution in [-0.4, -0.2) is 91.0 Å². The van der Waals surface area contributed by atoms with Crippen LogP contribution in [0, 0.1) is 5.41 Å². The fraction of sp³-hybridized carbons (Fsp3) is 0.577. The molecular formula is C26H33F3N6O3. The van der Waals surface area contributed by atoms with Crippen LogP contribution in [0.15, 0.2) is 30.6 Å². The molecule has 38 heavy (non-hydrogen) atoms. The number of ether oxygens (including phenoxy) is 1. The van der Waals surface area contributed by atoms with E-state index in [4.69, 9.17) is 4.74 Å². The number of likely N-dealkylation sites (tertiary alicyclic amines) is 2. The second-order valence-corrected chi connectivity index (χ2v) is 10.6. The van der Waals surface area contributed by atoms with E-state index >= 15 is 0 Å². The van der Waals surface area contributed by atoms with E-state index < -0.39 is 11.7 Å². The van der Waals surface area contributed by atoms with Gasteiger partial charge in [0.2, 0.25) is 5.91 Å². The van der Waals surface area contributed by atoms with Gasteiger partial charge in [-0.25, -0.2) is 4.79 Å². The van der Waals surface area contributed by atoms with E-state index in [1.165, 1.54) is 28.8 Å². The molecule has 1 atom stereocenters. The van der Waals surface area contributed by atoms with E-state index in [0.717, 1.165) is 31.5 Å². The number of nitrogens with zero attached hydrogens (tertiary/aromatic N) is 6. The van der Waals surface area contributed by atoms with Gasteiger partial charge in [-0.15, -0.1) is 0 Å². The molecule has 206 valence electrons. The van der Waals surface area contributed by atoms with Gasteiger partial charge in [0.1, 0.15) is 0 Å². The highest BCUT2D eigenvalue weighted by molar-refractivity contribution is 5.91. The minimum Gasteiger partial charge on any atom is -0.378 e. The molecule has 1 spiro atoms. The lowest BCUT2D eigenvalue weighted by Gasteiger charge is -2.31. The molecule has 0 saturated carbocycles. The molecular weight excluding hydrogens is 501 g/mol. The van der Waals surface area contributed by atoms with Crippen molar-refractivity contribution in [1.29, 1.82) is 0 Å². The molecule has 3 saturated heterocycles. The molecule has 2 aromatic rings. The number of benzene rings is 1. The Kier molecular flexibility index (Phi) is 7.12. The molecule has 5 rings (SSSR count). The Labute approximate surface area is 219 Å². The van der Waals surface area contributed by atoms with Crippen molar-refractivity contribution in [1.82, 2.24) is 19.6 Å². The summed E-state index contributed by atoms with van der Waals surface area (Å²) in [5.74, 6) is -0.145. The summed E-state index contributed by atoms with van der Waals surface area (Å²) in [6.45, 7) is 6.54. The smallest absolute Gasteiger partial charge is 0.378 e. The molecule has 2 amide bonds. The molecule has 4 heterocycles. The Balaban J connectivity index is 1.24. The lowest BCUT2D eigenvalue weighted by molar-refractivity contribution is -0.137. The molecule has 12 heteroatoms. The van der Waals surface area contributed by atoms with Crippen molar-refractivity contribution in [2.24, 2.45) is 5.41 Å². The summed E-state index contributed by atoms with van der Waals surface area (Å²) in [6.07, 6.45) is 0.429. The minimum absolute atomic E-state index is 0.0409. The average Bonchev–Trinajstić information content (AvgIpc) is 3.64. The van der Waals surface area contributed by atoms with Crippen molar-refractivity contribution in [3.63, 3.8) is 0 Å². The van der Waals surface area contributed by atoms with Gasteiger partial charge >= 0.3 is 12.2 Å². The van der Waals surface area contributed by atoms with Gasteiger partial charge in [-0.1, -0.05) is 6.07 Å². The monoisotopic (exact) mass is 534 g/mol. The standard InChI is InChI=1S/C26H33F3N6O3/c1-19(36)31(2)21-14-30-35(16-21)24(37)34-8-6-25(18-34)5-7-32(17-25)15-20-3-4-22(26(27,28)29)23(13-20)33-9-11-38-12-10-33/h3-4,13-14,16H,5-12,15,17-18H2,1-2H3. The van der Waals surface area contributed by atoms with Crippen molar-refractivity contribution >= 4 is 23.3 Å². The summed E-state index contributed by atoms with van der Waals surface area (Å²) >= 11 is 0. The number of morpholine rings is 1. The van der Waals surface area contributed by atoms with Gasteiger partial charge in [-0.2, -0.15) is 23.0 Å². The summed E-state index contributed by atoms with van der Waals surface area (Å²) in [4.78, 5) is 31.9. The van der Waals surface area contributed by atoms with Crippen LogP contribution in [0.4, 0.5) is 29.3 Å². The van der Waals surface area contributed by atoms with Crippen LogP contribution in [0.25, 0.3) is 0 Å². The summed E-state index contributed by atoms with van der Waals surface area (Å²) in [7, 11) is 1.63. The number of amides is 2. The number of anilines is 2. The van der Waals surface area contributed by atoms with Crippen molar-refractivity contribution in [3.8, 4) is 0 Å². The molecule has 1 aromatic carbocycles. The highest BCUT2D eigenvalue weighted by Crippen LogP contribution is 2.41. The van der Waals surface area contributed by atoms with Crippen molar-refractivity contribution in [2.75, 3.05) is 69.3 Å². The fourth-order valence-electron chi connectivity index (χ4n) is 5.75. The molecule has 1 aromatic heterocycles. The number of halogens is 3. The van der Waals surface area contributed by atoms with Gasteiger partial charge in [0.05, 0.1) is 36.9 Å². The molecule has 0 bridgehead atoms. The van der Waals surface area contributed by atoms with Gasteiger partial charge in [0, 0.05) is 64.3 Å². The number of carbonyl (C=O) groups excluding carboxylic acids is 2. The van der Waals surface area contributed by atoms with E-state index in [0.29, 0.717) is 51.6 Å². The number of carbonyl (C=O) groups is 2. The Hall–Kier alpha value is -3.12. The predicted octanol–water partition coefficient (Wildman–Crippen LogP) is 3.29. The lowest BCUT2D eigenvalue weighted by atomic mass is 9.86. The maximum absolute atomic E-state index is 13.7. The SMILES string of the molecule is CC(=O)N(C)c1cnn(C(=O)N2CCC3(CCN(Cc4ccc(C(F)(F)F)c(N5CCOCC5)c4)C3)C2)c1. The molecule has 3 aliphatic heterocycles. The van der Waals surface area contributed by atoms with E-state index in [2.05, 4.69) is 10.00 Å². The molecule has 3 fully saturated rings. The molecule has 0 aliphatic carbocycles. The Morgan fingerprint density at radius 3 is 2.55 bits per heavy atom. The zero-order valence-corrected chi connectivity index (χ0v) is 21.7. The van der Waals surface area contributed by atoms with Crippen LogP contribution in [0.5, 0.6) is 0 Å². The van der Waals surface area contributed by atoms with Gasteiger partial charge in [0.25, 0.3) is 0 Å². The third-order valence-electron chi connectivity index (χ3n) is 7.98. The maximum Gasteiger partial charge on any atom is 0.418 e. The summed E-state index contributed by atoms with van der Waals surface area (Å²) in [5, 5.41) is 4.15. The second kappa shape index (κ2) is 10.2. The van der Waals surface area contributed by atoms with E-state index in [1.54, 1.807) is 35.2 Å². The van der Waals surface area contributed by atoms with E-state index in [-0.39, 0.29) is 23.0 Å². The van der Waals surface area contributed by atoms with Gasteiger partial charge in [-0.05, 0) is 37.1 Å². The minimum atomic E-state index is -4.42. The van der Waals surface area contributed by atoms with Crippen LogP contribution in [0.1, 0.15) is 30.9 Å². The highest BCUT2D eigenvalue weighted by atomic mass is 19.4. The zero-order valence-electron chi connectivity index (χ0n) is 21.7. The van der Waals surface area contributed by atoms with Crippen molar-refractivity contribution in [2.45, 2.75) is 32.5 Å². The number of rotatable bonds is 4. The molecule has 3 aliphatic rings. The van der Waals surface area contributed by atoms with Crippen molar-refractivity contribution in [3.05, 3.63) is 41.7 Å². The molecule has 0 radical (unpaired) electrons. The van der Waals surface area contributed by atoms with Crippen LogP contribution in [-0.2, 0) is 22.3 Å². The van der Waals surface area contributed by atoms with Crippen LogP contribution >= 0.6 is 0 Å². The Morgan fingerprint density at radius 1 is 1.11 bits per heavy atom. The topological polar surface area (TPSA) is 74.2 Å². The van der Waals surface area contributed by atoms with Gasteiger partial charge in [-0.3, -0.25) is 9.69 Å².